The van der Waals surface area contributed by atoms with Crippen molar-refractivity contribution in [3.05, 3.63) is 29.8 Å². The first-order valence-corrected chi connectivity index (χ1v) is 12.8. The second-order valence-electron chi connectivity index (χ2n) is 8.75. The Labute approximate surface area is 207 Å². The van der Waals surface area contributed by atoms with Crippen LogP contribution in [0.1, 0.15) is 24.2 Å². The fourth-order valence-electron chi connectivity index (χ4n) is 3.75. The lowest BCUT2D eigenvalue weighted by atomic mass is 10.0. The van der Waals surface area contributed by atoms with E-state index in [2.05, 4.69) is 10.6 Å². The maximum Gasteiger partial charge on any atom is 0.331 e. The van der Waals surface area contributed by atoms with Gasteiger partial charge in [-0.25, -0.2) is 4.79 Å². The van der Waals surface area contributed by atoms with Gasteiger partial charge >= 0.3 is 13.6 Å². The maximum absolute atomic E-state index is 12.7. The standard InChI is InChI=1S/C21H32N3O11P/c1-12(26)22-9-15-17(28)18(29)16(10-25)24(15)7-8-36(33,34)35-11-21(2,20(31)32)23-19(30)13-3-5-14(27)6-4-13/h3-6,15-18,25,27-29H,7-11H2,1-2H3,(H,22,26)(H,23,30)(H,31,32)(H,33,34)/t15-,16-,17-,18-,21?/m1/s1. The molecule has 8 N–H and O–H groups in total. The first-order valence-electron chi connectivity index (χ1n) is 11.0. The fourth-order valence-corrected chi connectivity index (χ4v) is 4.82. The molecule has 0 aromatic heterocycles. The lowest BCUT2D eigenvalue weighted by Crippen LogP contribution is -2.55. The van der Waals surface area contributed by atoms with Gasteiger partial charge in [-0.2, -0.15) is 0 Å². The van der Waals surface area contributed by atoms with Gasteiger partial charge in [-0.3, -0.25) is 19.1 Å². The van der Waals surface area contributed by atoms with Gasteiger partial charge in [0.05, 0.1) is 43.7 Å². The molecule has 1 fully saturated rings. The van der Waals surface area contributed by atoms with E-state index in [-0.39, 0.29) is 24.4 Å². The minimum atomic E-state index is -4.47. The number of hydrogen-bond acceptors (Lipinski definition) is 10. The van der Waals surface area contributed by atoms with Crippen molar-refractivity contribution in [2.75, 3.05) is 32.5 Å². The zero-order valence-electron chi connectivity index (χ0n) is 19.8. The minimum Gasteiger partial charge on any atom is -0.508 e. The van der Waals surface area contributed by atoms with Gasteiger partial charge in [0.1, 0.15) is 5.75 Å². The van der Waals surface area contributed by atoms with E-state index in [1.807, 2.05) is 0 Å². The highest BCUT2D eigenvalue weighted by atomic mass is 31.2. The Morgan fingerprint density at radius 1 is 1.14 bits per heavy atom. The Morgan fingerprint density at radius 2 is 1.72 bits per heavy atom. The number of likely N-dealkylation sites (tertiary alicyclic amines) is 1. The lowest BCUT2D eigenvalue weighted by molar-refractivity contribution is -0.145. The number of phenolic OH excluding ortho intramolecular Hbond substituents is 1. The van der Waals surface area contributed by atoms with Gasteiger partial charge in [0.2, 0.25) is 5.91 Å². The highest BCUT2D eigenvalue weighted by molar-refractivity contribution is 7.52. The molecule has 1 aliphatic rings. The van der Waals surface area contributed by atoms with Crippen molar-refractivity contribution < 1.29 is 53.9 Å². The maximum atomic E-state index is 12.7. The molecular formula is C21H32N3O11P. The van der Waals surface area contributed by atoms with Crippen LogP contribution in [0.15, 0.2) is 24.3 Å². The van der Waals surface area contributed by atoms with E-state index >= 15 is 0 Å². The van der Waals surface area contributed by atoms with Gasteiger partial charge in [0.25, 0.3) is 5.91 Å². The summed E-state index contributed by atoms with van der Waals surface area (Å²) in [5.41, 5.74) is -2.05. The van der Waals surface area contributed by atoms with E-state index in [1.54, 1.807) is 0 Å². The molecule has 1 heterocycles. The molecule has 0 aliphatic carbocycles. The molecule has 0 bridgehead atoms. The molecule has 1 saturated heterocycles. The number of rotatable bonds is 12. The van der Waals surface area contributed by atoms with Crippen molar-refractivity contribution in [1.29, 1.82) is 0 Å². The number of hydrogen-bond donors (Lipinski definition) is 8. The number of aliphatic hydroxyl groups is 3. The van der Waals surface area contributed by atoms with Crippen LogP contribution in [0.2, 0.25) is 0 Å². The van der Waals surface area contributed by atoms with Crippen LogP contribution in [0, 0.1) is 0 Å². The molecule has 2 amide bonds. The highest BCUT2D eigenvalue weighted by Gasteiger charge is 2.47. The molecular weight excluding hydrogens is 501 g/mol. The van der Waals surface area contributed by atoms with Gasteiger partial charge in [0, 0.05) is 25.6 Å². The van der Waals surface area contributed by atoms with Crippen LogP contribution in [-0.4, -0.2) is 115 Å². The Kier molecular flexibility index (Phi) is 9.97. The van der Waals surface area contributed by atoms with Crippen molar-refractivity contribution in [3.8, 4) is 5.75 Å². The number of carboxylic acids is 1. The van der Waals surface area contributed by atoms with Crippen molar-refractivity contribution in [3.63, 3.8) is 0 Å². The molecule has 36 heavy (non-hydrogen) atoms. The summed E-state index contributed by atoms with van der Waals surface area (Å²) in [5.74, 6) is -2.85. The molecule has 14 nitrogen and oxygen atoms in total. The number of aliphatic carboxylic acids is 1. The van der Waals surface area contributed by atoms with Crippen LogP contribution in [0.25, 0.3) is 0 Å². The van der Waals surface area contributed by atoms with Crippen LogP contribution in [0.3, 0.4) is 0 Å². The Balaban J connectivity index is 2.06. The van der Waals surface area contributed by atoms with E-state index in [0.29, 0.717) is 0 Å². The summed E-state index contributed by atoms with van der Waals surface area (Å²) in [6.45, 7) is 0.547. The predicted molar refractivity (Wildman–Crippen MR) is 124 cm³/mol. The number of amides is 2. The molecule has 1 aromatic rings. The van der Waals surface area contributed by atoms with Crippen molar-refractivity contribution in [2.45, 2.75) is 43.7 Å². The first kappa shape index (κ1) is 29.6. The smallest absolute Gasteiger partial charge is 0.331 e. The van der Waals surface area contributed by atoms with Crippen molar-refractivity contribution >= 4 is 25.4 Å². The molecule has 2 unspecified atom stereocenters. The second kappa shape index (κ2) is 12.1. The summed E-state index contributed by atoms with van der Waals surface area (Å²) in [6, 6.07) is 3.15. The minimum absolute atomic E-state index is 0.0406. The number of phenols is 1. The quantitative estimate of drug-likeness (QED) is 0.137. The summed E-state index contributed by atoms with van der Waals surface area (Å²) < 4.78 is 17.7. The zero-order chi connectivity index (χ0) is 27.3. The van der Waals surface area contributed by atoms with Crippen molar-refractivity contribution in [2.24, 2.45) is 0 Å². The Morgan fingerprint density at radius 3 is 2.25 bits per heavy atom. The number of nitrogens with zero attached hydrogens (tertiary/aromatic N) is 1. The third-order valence-corrected chi connectivity index (χ3v) is 7.22. The average molecular weight is 533 g/mol. The Hall–Kier alpha value is -2.58. The zero-order valence-corrected chi connectivity index (χ0v) is 20.7. The van der Waals surface area contributed by atoms with Crippen LogP contribution in [-0.2, 0) is 18.7 Å². The number of carboxylic acid groups (broad SMARTS) is 1. The average Bonchev–Trinajstić information content (AvgIpc) is 3.04. The van der Waals surface area contributed by atoms with Gasteiger partial charge in [0.15, 0.2) is 5.54 Å². The normalized spacial score (nSPS) is 25.5. The molecule has 0 saturated carbocycles. The summed E-state index contributed by atoms with van der Waals surface area (Å²) in [7, 11) is -4.47. The first-order chi connectivity index (χ1) is 16.7. The molecule has 2 rings (SSSR count). The predicted octanol–water partition coefficient (Wildman–Crippen LogP) is -1.93. The van der Waals surface area contributed by atoms with Crippen LogP contribution in [0.4, 0.5) is 0 Å². The van der Waals surface area contributed by atoms with E-state index in [4.69, 9.17) is 4.52 Å². The molecule has 1 aromatic carbocycles. The van der Waals surface area contributed by atoms with Crippen LogP contribution in [0.5, 0.6) is 5.75 Å². The van der Waals surface area contributed by atoms with Crippen LogP contribution < -0.4 is 10.6 Å². The Bertz CT molecular complexity index is 992. The number of carbonyl (C=O) groups is 3. The highest BCUT2D eigenvalue weighted by Crippen LogP contribution is 2.43. The number of carbonyl (C=O) groups excluding carboxylic acids is 2. The SMILES string of the molecule is CC(=O)NC[C@@H]1[C@@H](O)[C@H](O)[C@@H](CO)N1CCP(=O)(O)OCC(C)(NC(=O)c1ccc(O)cc1)C(=O)O. The van der Waals surface area contributed by atoms with Gasteiger partial charge in [-0.05, 0) is 31.2 Å². The third kappa shape index (κ3) is 7.46. The summed E-state index contributed by atoms with van der Waals surface area (Å²) in [6.07, 6.45) is -3.29. The molecule has 6 atom stereocenters. The fraction of sp³-hybridized carbons (Fsp3) is 0.571. The van der Waals surface area contributed by atoms with E-state index in [1.165, 1.54) is 36.1 Å². The monoisotopic (exact) mass is 533 g/mol. The number of nitrogens with one attached hydrogen (secondary N) is 2. The molecule has 202 valence electrons. The number of aromatic hydroxyl groups is 1. The summed E-state index contributed by atoms with van der Waals surface area (Å²) in [5, 5.41) is 53.8. The van der Waals surface area contributed by atoms with E-state index in [0.717, 1.165) is 6.92 Å². The van der Waals surface area contributed by atoms with E-state index < -0.39 is 74.6 Å². The van der Waals surface area contributed by atoms with Crippen molar-refractivity contribution in [1.82, 2.24) is 15.5 Å². The van der Waals surface area contributed by atoms with Gasteiger partial charge in [-0.15, -0.1) is 0 Å². The number of aliphatic hydroxyl groups excluding tert-OH is 3. The molecule has 15 heteroatoms. The summed E-state index contributed by atoms with van der Waals surface area (Å²) >= 11 is 0. The largest absolute Gasteiger partial charge is 0.508 e. The topological polar surface area (TPSA) is 226 Å². The second-order valence-corrected chi connectivity index (χ2v) is 10.7. The molecule has 1 aliphatic heterocycles. The summed E-state index contributed by atoms with van der Waals surface area (Å²) in [4.78, 5) is 47.2. The van der Waals surface area contributed by atoms with Gasteiger partial charge in [-0.1, -0.05) is 0 Å². The lowest BCUT2D eigenvalue weighted by Gasteiger charge is -2.31. The number of benzene rings is 1. The van der Waals surface area contributed by atoms with E-state index in [9.17, 15) is 49.4 Å². The van der Waals surface area contributed by atoms with Gasteiger partial charge < -0.3 is 45.6 Å². The molecule has 0 spiro atoms. The van der Waals surface area contributed by atoms with Crippen LogP contribution >= 0.6 is 7.60 Å². The third-order valence-electron chi connectivity index (χ3n) is 5.92. The molecule has 0 radical (unpaired) electrons.